The van der Waals surface area contributed by atoms with E-state index in [4.69, 9.17) is 5.73 Å². The molecule has 0 atom stereocenters. The summed E-state index contributed by atoms with van der Waals surface area (Å²) in [6.45, 7) is 14.0. The zero-order valence-corrected chi connectivity index (χ0v) is 12.4. The minimum atomic E-state index is -0.110. The standard InChI is InChI=1S/C15H29NO/c1-13(2,3)15(14(4,5)6)9-7-11(8-10-15)12(16)17/h11H,7-10H2,1-6H3,(H2,16,17). The second-order valence-corrected chi connectivity index (χ2v) is 7.76. The second-order valence-electron chi connectivity index (χ2n) is 7.76. The fourth-order valence-corrected chi connectivity index (χ4v) is 4.02. The summed E-state index contributed by atoms with van der Waals surface area (Å²) in [7, 11) is 0. The molecule has 2 N–H and O–H groups in total. The monoisotopic (exact) mass is 239 g/mol. The Labute approximate surface area is 106 Å². The van der Waals surface area contributed by atoms with Gasteiger partial charge >= 0.3 is 0 Å². The van der Waals surface area contributed by atoms with E-state index in [2.05, 4.69) is 41.5 Å². The van der Waals surface area contributed by atoms with Crippen LogP contribution in [0.25, 0.3) is 0 Å². The third-order valence-corrected chi connectivity index (χ3v) is 5.11. The maximum Gasteiger partial charge on any atom is 0.220 e. The Morgan fingerprint density at radius 2 is 1.35 bits per heavy atom. The van der Waals surface area contributed by atoms with Crippen molar-refractivity contribution < 1.29 is 4.79 Å². The molecule has 0 aromatic heterocycles. The third kappa shape index (κ3) is 2.51. The van der Waals surface area contributed by atoms with Crippen molar-refractivity contribution in [2.75, 3.05) is 0 Å². The summed E-state index contributed by atoms with van der Waals surface area (Å²) in [5.41, 5.74) is 6.29. The molecule has 0 heterocycles. The third-order valence-electron chi connectivity index (χ3n) is 5.11. The van der Waals surface area contributed by atoms with E-state index in [1.165, 1.54) is 0 Å². The first-order valence-electron chi connectivity index (χ1n) is 6.81. The van der Waals surface area contributed by atoms with E-state index in [0.717, 1.165) is 25.7 Å². The number of amides is 1. The Hall–Kier alpha value is -0.530. The predicted octanol–water partition coefficient (Wildman–Crippen LogP) is 3.74. The number of rotatable bonds is 1. The maximum atomic E-state index is 11.3. The highest BCUT2D eigenvalue weighted by Gasteiger charge is 2.51. The van der Waals surface area contributed by atoms with Crippen LogP contribution in [0.3, 0.4) is 0 Å². The molecular formula is C15H29NO. The van der Waals surface area contributed by atoms with Crippen LogP contribution in [0.4, 0.5) is 0 Å². The van der Waals surface area contributed by atoms with Crippen molar-refractivity contribution in [3.63, 3.8) is 0 Å². The van der Waals surface area contributed by atoms with E-state index in [1.807, 2.05) is 0 Å². The molecule has 17 heavy (non-hydrogen) atoms. The van der Waals surface area contributed by atoms with Gasteiger partial charge in [-0.3, -0.25) is 4.79 Å². The van der Waals surface area contributed by atoms with Gasteiger partial charge in [-0.25, -0.2) is 0 Å². The summed E-state index contributed by atoms with van der Waals surface area (Å²) < 4.78 is 0. The van der Waals surface area contributed by atoms with Crippen molar-refractivity contribution in [2.45, 2.75) is 67.2 Å². The number of carbonyl (C=O) groups excluding carboxylic acids is 1. The van der Waals surface area contributed by atoms with E-state index in [9.17, 15) is 4.79 Å². The quantitative estimate of drug-likeness (QED) is 0.744. The van der Waals surface area contributed by atoms with E-state index >= 15 is 0 Å². The van der Waals surface area contributed by atoms with Gasteiger partial charge in [-0.2, -0.15) is 0 Å². The van der Waals surface area contributed by atoms with Crippen LogP contribution in [0, 0.1) is 22.2 Å². The fourth-order valence-electron chi connectivity index (χ4n) is 4.02. The number of primary amides is 1. The van der Waals surface area contributed by atoms with Crippen molar-refractivity contribution in [1.82, 2.24) is 0 Å². The smallest absolute Gasteiger partial charge is 0.220 e. The first-order chi connectivity index (χ1) is 7.51. The van der Waals surface area contributed by atoms with Gasteiger partial charge in [0.2, 0.25) is 5.91 Å². The lowest BCUT2D eigenvalue weighted by molar-refractivity contribution is -0.128. The average Bonchev–Trinajstić information content (AvgIpc) is 2.14. The first kappa shape index (κ1) is 14.5. The van der Waals surface area contributed by atoms with Crippen LogP contribution < -0.4 is 5.73 Å². The minimum Gasteiger partial charge on any atom is -0.369 e. The molecule has 1 fully saturated rings. The molecule has 0 aliphatic heterocycles. The lowest BCUT2D eigenvalue weighted by Gasteiger charge is -2.57. The van der Waals surface area contributed by atoms with Gasteiger partial charge in [0.15, 0.2) is 0 Å². The Kier molecular flexibility index (Phi) is 3.67. The molecule has 2 heteroatoms. The topological polar surface area (TPSA) is 43.1 Å². The van der Waals surface area contributed by atoms with Crippen molar-refractivity contribution >= 4 is 5.91 Å². The molecule has 1 aliphatic rings. The normalized spacial score (nSPS) is 22.5. The molecule has 0 radical (unpaired) electrons. The van der Waals surface area contributed by atoms with Crippen molar-refractivity contribution in [3.05, 3.63) is 0 Å². The lowest BCUT2D eigenvalue weighted by atomic mass is 9.48. The Bertz CT molecular complexity index is 269. The molecule has 100 valence electrons. The predicted molar refractivity (Wildman–Crippen MR) is 72.5 cm³/mol. The summed E-state index contributed by atoms with van der Waals surface area (Å²) in [5.74, 6) is -0.00533. The molecule has 1 rings (SSSR count). The van der Waals surface area contributed by atoms with Gasteiger partial charge < -0.3 is 5.73 Å². The van der Waals surface area contributed by atoms with Crippen LogP contribution in [0.15, 0.2) is 0 Å². The van der Waals surface area contributed by atoms with Crippen LogP contribution in [0.1, 0.15) is 67.2 Å². The van der Waals surface area contributed by atoms with Crippen molar-refractivity contribution in [2.24, 2.45) is 27.9 Å². The summed E-state index contributed by atoms with van der Waals surface area (Å²) in [4.78, 5) is 11.3. The van der Waals surface area contributed by atoms with Crippen LogP contribution in [0.2, 0.25) is 0 Å². The fraction of sp³-hybridized carbons (Fsp3) is 0.933. The summed E-state index contributed by atoms with van der Waals surface area (Å²) >= 11 is 0. The van der Waals surface area contributed by atoms with Crippen LogP contribution in [-0.4, -0.2) is 5.91 Å². The number of hydrogen-bond donors (Lipinski definition) is 1. The number of carbonyl (C=O) groups is 1. The molecule has 1 amide bonds. The van der Waals surface area contributed by atoms with Crippen LogP contribution >= 0.6 is 0 Å². The molecule has 0 aromatic carbocycles. The first-order valence-corrected chi connectivity index (χ1v) is 6.81. The largest absolute Gasteiger partial charge is 0.369 e. The summed E-state index contributed by atoms with van der Waals surface area (Å²) in [6.07, 6.45) is 4.16. The summed E-state index contributed by atoms with van der Waals surface area (Å²) in [5, 5.41) is 0. The molecule has 0 spiro atoms. The van der Waals surface area contributed by atoms with E-state index < -0.39 is 0 Å². The summed E-state index contributed by atoms with van der Waals surface area (Å²) in [6, 6.07) is 0. The molecule has 0 saturated heterocycles. The second kappa shape index (κ2) is 4.29. The van der Waals surface area contributed by atoms with Gasteiger partial charge in [0.25, 0.3) is 0 Å². The van der Waals surface area contributed by atoms with Crippen LogP contribution in [0.5, 0.6) is 0 Å². The molecule has 0 unspecified atom stereocenters. The molecule has 1 saturated carbocycles. The van der Waals surface area contributed by atoms with Gasteiger partial charge in [0.05, 0.1) is 0 Å². The van der Waals surface area contributed by atoms with Gasteiger partial charge in [0, 0.05) is 5.92 Å². The highest BCUT2D eigenvalue weighted by Crippen LogP contribution is 2.60. The SMILES string of the molecule is CC(C)(C)C1(C(C)(C)C)CCC(C(N)=O)CC1. The van der Waals surface area contributed by atoms with Crippen LogP contribution in [-0.2, 0) is 4.79 Å². The van der Waals surface area contributed by atoms with Gasteiger partial charge in [-0.05, 0) is 41.9 Å². The Balaban J connectivity index is 2.96. The van der Waals surface area contributed by atoms with Crippen molar-refractivity contribution in [3.8, 4) is 0 Å². The lowest BCUT2D eigenvalue weighted by Crippen LogP contribution is -2.49. The van der Waals surface area contributed by atoms with E-state index in [1.54, 1.807) is 0 Å². The molecule has 0 aromatic rings. The molecular weight excluding hydrogens is 210 g/mol. The highest BCUT2D eigenvalue weighted by molar-refractivity contribution is 5.76. The van der Waals surface area contributed by atoms with Gasteiger partial charge in [0.1, 0.15) is 0 Å². The van der Waals surface area contributed by atoms with Gasteiger partial charge in [-0.1, -0.05) is 41.5 Å². The Morgan fingerprint density at radius 1 is 1.00 bits per heavy atom. The zero-order chi connectivity index (χ0) is 13.5. The van der Waals surface area contributed by atoms with Crippen molar-refractivity contribution in [1.29, 1.82) is 0 Å². The highest BCUT2D eigenvalue weighted by atomic mass is 16.1. The zero-order valence-electron chi connectivity index (χ0n) is 12.4. The molecule has 2 nitrogen and oxygen atoms in total. The number of hydrogen-bond acceptors (Lipinski definition) is 1. The minimum absolute atomic E-state index is 0.104. The maximum absolute atomic E-state index is 11.3. The number of nitrogens with two attached hydrogens (primary N) is 1. The average molecular weight is 239 g/mol. The van der Waals surface area contributed by atoms with Gasteiger partial charge in [-0.15, -0.1) is 0 Å². The molecule has 0 bridgehead atoms. The Morgan fingerprint density at radius 3 is 1.59 bits per heavy atom. The molecule has 1 aliphatic carbocycles. The van der Waals surface area contributed by atoms with E-state index in [0.29, 0.717) is 5.41 Å². The van der Waals surface area contributed by atoms with E-state index in [-0.39, 0.29) is 22.7 Å².